The second-order valence-corrected chi connectivity index (χ2v) is 6.53. The van der Waals surface area contributed by atoms with Gasteiger partial charge in [-0.3, -0.25) is 9.59 Å². The molecule has 2 aromatic rings. The van der Waals surface area contributed by atoms with Gasteiger partial charge < -0.3 is 20.1 Å². The standard InChI is InChI=1S/C20H18O7/c1-19(25)18(24)27-17(15(22)14(21)12-8-4-2-5-9-12)20(19,26)16(23)13-10-6-3-7-11-13/h2-11,14,17,21,25-26H,1H3/t14?,17-,19+,20-/m1/s1. The monoisotopic (exact) mass is 370 g/mol. The van der Waals surface area contributed by atoms with E-state index in [0.717, 1.165) is 6.92 Å². The van der Waals surface area contributed by atoms with Crippen molar-refractivity contribution < 1.29 is 34.4 Å². The minimum absolute atomic E-state index is 0.0226. The highest BCUT2D eigenvalue weighted by Crippen LogP contribution is 2.40. The van der Waals surface area contributed by atoms with Crippen molar-refractivity contribution in [2.45, 2.75) is 30.3 Å². The van der Waals surface area contributed by atoms with Crippen LogP contribution < -0.4 is 0 Å². The average Bonchev–Trinajstić information content (AvgIpc) is 2.88. The lowest BCUT2D eigenvalue weighted by Gasteiger charge is -2.33. The second-order valence-electron chi connectivity index (χ2n) is 6.53. The van der Waals surface area contributed by atoms with Gasteiger partial charge in [0.05, 0.1) is 0 Å². The van der Waals surface area contributed by atoms with Gasteiger partial charge >= 0.3 is 5.97 Å². The van der Waals surface area contributed by atoms with Crippen LogP contribution in [0.1, 0.15) is 28.9 Å². The number of aliphatic hydroxyl groups excluding tert-OH is 1. The zero-order valence-corrected chi connectivity index (χ0v) is 14.4. The molecule has 140 valence electrons. The molecule has 1 aliphatic rings. The van der Waals surface area contributed by atoms with Crippen LogP contribution in [0.5, 0.6) is 0 Å². The van der Waals surface area contributed by atoms with Gasteiger partial charge in [0.2, 0.25) is 23.3 Å². The number of ether oxygens (including phenoxy) is 1. The molecule has 1 fully saturated rings. The summed E-state index contributed by atoms with van der Waals surface area (Å²) in [5, 5.41) is 31.9. The van der Waals surface area contributed by atoms with E-state index in [1.54, 1.807) is 24.3 Å². The molecule has 7 heteroatoms. The Balaban J connectivity index is 2.04. The smallest absolute Gasteiger partial charge is 0.342 e. The highest BCUT2D eigenvalue weighted by molar-refractivity contribution is 6.13. The van der Waals surface area contributed by atoms with Gasteiger partial charge in [0.1, 0.15) is 6.10 Å². The molecule has 1 saturated heterocycles. The molecule has 1 heterocycles. The number of cyclic esters (lactones) is 1. The first-order chi connectivity index (χ1) is 12.7. The van der Waals surface area contributed by atoms with Gasteiger partial charge in [-0.15, -0.1) is 0 Å². The van der Waals surface area contributed by atoms with E-state index in [1.165, 1.54) is 36.4 Å². The molecule has 1 unspecified atom stereocenters. The molecule has 27 heavy (non-hydrogen) atoms. The van der Waals surface area contributed by atoms with Crippen LogP contribution in [0.2, 0.25) is 0 Å². The molecular formula is C20H18O7. The Morgan fingerprint density at radius 1 is 1.00 bits per heavy atom. The Morgan fingerprint density at radius 3 is 2.07 bits per heavy atom. The minimum Gasteiger partial charge on any atom is -0.448 e. The fourth-order valence-corrected chi connectivity index (χ4v) is 3.07. The number of hydrogen-bond donors (Lipinski definition) is 3. The molecule has 0 bridgehead atoms. The third-order valence-corrected chi connectivity index (χ3v) is 4.77. The maximum atomic E-state index is 12.9. The lowest BCUT2D eigenvalue weighted by molar-refractivity contribution is -0.158. The van der Waals surface area contributed by atoms with Crippen molar-refractivity contribution in [1.29, 1.82) is 0 Å². The Kier molecular flexibility index (Phi) is 4.69. The largest absolute Gasteiger partial charge is 0.448 e. The van der Waals surface area contributed by atoms with Crippen LogP contribution in [0.3, 0.4) is 0 Å². The van der Waals surface area contributed by atoms with Gasteiger partial charge in [0.15, 0.2) is 5.60 Å². The molecule has 0 spiro atoms. The Bertz CT molecular complexity index is 876. The Morgan fingerprint density at radius 2 is 1.52 bits per heavy atom. The summed E-state index contributed by atoms with van der Waals surface area (Å²) in [6.45, 7) is 0.901. The first-order valence-electron chi connectivity index (χ1n) is 8.23. The fraction of sp³-hybridized carbons (Fsp3) is 0.250. The highest BCUT2D eigenvalue weighted by atomic mass is 16.6. The van der Waals surface area contributed by atoms with Crippen LogP contribution >= 0.6 is 0 Å². The predicted octanol–water partition coefficient (Wildman–Crippen LogP) is 0.579. The van der Waals surface area contributed by atoms with Crippen molar-refractivity contribution in [3.05, 3.63) is 71.8 Å². The quantitative estimate of drug-likeness (QED) is 0.520. The topological polar surface area (TPSA) is 121 Å². The number of aliphatic hydroxyl groups is 3. The normalized spacial score (nSPS) is 28.4. The molecule has 2 aromatic carbocycles. The summed E-state index contributed by atoms with van der Waals surface area (Å²) in [7, 11) is 0. The first-order valence-corrected chi connectivity index (χ1v) is 8.23. The molecule has 7 nitrogen and oxygen atoms in total. The van der Waals surface area contributed by atoms with Gasteiger partial charge in [-0.05, 0) is 12.5 Å². The van der Waals surface area contributed by atoms with Crippen molar-refractivity contribution in [1.82, 2.24) is 0 Å². The summed E-state index contributed by atoms with van der Waals surface area (Å²) >= 11 is 0. The number of rotatable bonds is 5. The second kappa shape index (κ2) is 6.70. The number of Topliss-reactive ketones (excluding diaryl/α,β-unsaturated/α-hetero) is 2. The number of carbonyl (C=O) groups is 3. The van der Waals surface area contributed by atoms with E-state index in [0.29, 0.717) is 0 Å². The van der Waals surface area contributed by atoms with Crippen LogP contribution in [0.15, 0.2) is 60.7 Å². The van der Waals surface area contributed by atoms with E-state index >= 15 is 0 Å². The van der Waals surface area contributed by atoms with Crippen LogP contribution in [-0.2, 0) is 14.3 Å². The van der Waals surface area contributed by atoms with E-state index in [9.17, 15) is 29.7 Å². The van der Waals surface area contributed by atoms with Crippen LogP contribution in [0, 0.1) is 0 Å². The van der Waals surface area contributed by atoms with Crippen molar-refractivity contribution in [3.8, 4) is 0 Å². The van der Waals surface area contributed by atoms with Gasteiger partial charge in [0.25, 0.3) is 0 Å². The van der Waals surface area contributed by atoms with E-state index < -0.39 is 40.9 Å². The average molecular weight is 370 g/mol. The summed E-state index contributed by atoms with van der Waals surface area (Å²) < 4.78 is 4.87. The third-order valence-electron chi connectivity index (χ3n) is 4.77. The molecule has 0 aromatic heterocycles. The summed E-state index contributed by atoms with van der Waals surface area (Å²) in [6, 6.07) is 15.2. The SMILES string of the molecule is C[C@]1(O)C(=O)O[C@H](C(=O)C(O)c2ccccc2)[C@]1(O)C(=O)c1ccccc1. The lowest BCUT2D eigenvalue weighted by Crippen LogP contribution is -2.63. The molecule has 0 saturated carbocycles. The molecule has 0 amide bonds. The summed E-state index contributed by atoms with van der Waals surface area (Å²) in [4.78, 5) is 37.8. The van der Waals surface area contributed by atoms with Crippen LogP contribution in [-0.4, -0.2) is 50.2 Å². The lowest BCUT2D eigenvalue weighted by atomic mass is 9.74. The highest BCUT2D eigenvalue weighted by Gasteiger charge is 2.71. The first kappa shape index (κ1) is 18.9. The van der Waals surface area contributed by atoms with Gasteiger partial charge in [-0.25, -0.2) is 4.79 Å². The molecular weight excluding hydrogens is 352 g/mol. The molecule has 3 N–H and O–H groups in total. The van der Waals surface area contributed by atoms with Gasteiger partial charge in [-0.1, -0.05) is 60.7 Å². The van der Waals surface area contributed by atoms with Crippen molar-refractivity contribution >= 4 is 17.5 Å². The number of ketones is 2. The fourth-order valence-electron chi connectivity index (χ4n) is 3.07. The Hall–Kier alpha value is -2.87. The van der Waals surface area contributed by atoms with E-state index in [2.05, 4.69) is 0 Å². The Labute approximate surface area is 154 Å². The third kappa shape index (κ3) is 2.86. The van der Waals surface area contributed by atoms with Crippen LogP contribution in [0.4, 0.5) is 0 Å². The summed E-state index contributed by atoms with van der Waals surface area (Å²) in [5.74, 6) is -3.50. The van der Waals surface area contributed by atoms with Crippen LogP contribution in [0.25, 0.3) is 0 Å². The zero-order chi connectivity index (χ0) is 19.8. The van der Waals surface area contributed by atoms with E-state index in [1.807, 2.05) is 0 Å². The molecule has 1 aliphatic heterocycles. The van der Waals surface area contributed by atoms with Crippen molar-refractivity contribution in [2.24, 2.45) is 0 Å². The molecule has 4 atom stereocenters. The van der Waals surface area contributed by atoms with E-state index in [-0.39, 0.29) is 11.1 Å². The molecule has 3 rings (SSSR count). The number of benzene rings is 2. The van der Waals surface area contributed by atoms with E-state index in [4.69, 9.17) is 4.74 Å². The molecule has 0 aliphatic carbocycles. The van der Waals surface area contributed by atoms with Gasteiger partial charge in [0, 0.05) is 5.56 Å². The summed E-state index contributed by atoms with van der Waals surface area (Å²) in [5.41, 5.74) is -5.39. The predicted molar refractivity (Wildman–Crippen MR) is 92.6 cm³/mol. The number of esters is 1. The molecule has 0 radical (unpaired) electrons. The zero-order valence-electron chi connectivity index (χ0n) is 14.4. The number of carbonyl (C=O) groups excluding carboxylic acids is 3. The van der Waals surface area contributed by atoms with Gasteiger partial charge in [-0.2, -0.15) is 0 Å². The van der Waals surface area contributed by atoms with Crippen molar-refractivity contribution in [2.75, 3.05) is 0 Å². The number of hydrogen-bond acceptors (Lipinski definition) is 7. The minimum atomic E-state index is -2.89. The van der Waals surface area contributed by atoms with Crippen molar-refractivity contribution in [3.63, 3.8) is 0 Å². The maximum absolute atomic E-state index is 12.9. The maximum Gasteiger partial charge on any atom is 0.342 e. The summed E-state index contributed by atoms with van der Waals surface area (Å²) in [6.07, 6.45) is -3.82.